The van der Waals surface area contributed by atoms with Crippen LogP contribution in [-0.2, 0) is 19.1 Å². The van der Waals surface area contributed by atoms with E-state index in [-0.39, 0.29) is 29.9 Å². The summed E-state index contributed by atoms with van der Waals surface area (Å²) >= 11 is 1.92. The van der Waals surface area contributed by atoms with E-state index in [1.54, 1.807) is 0 Å². The molecule has 2 fully saturated rings. The number of hydrogen-bond acceptors (Lipinski definition) is 6. The normalized spacial score (nSPS) is 17.7. The molecule has 0 aliphatic carbocycles. The maximum absolute atomic E-state index is 13.2. The Labute approximate surface area is 336 Å². The van der Waals surface area contributed by atoms with E-state index in [9.17, 15) is 14.4 Å². The Hall–Kier alpha value is -1.52. The highest BCUT2D eigenvalue weighted by Crippen LogP contribution is 2.33. The number of ether oxygens (including phenoxy) is 2. The first-order valence-corrected chi connectivity index (χ1v) is 24.0. The Morgan fingerprint density at radius 1 is 0.630 bits per heavy atom. The molecule has 2 heterocycles. The molecule has 0 aromatic rings. The molecule has 3 unspecified atom stereocenters. The third-order valence-electron chi connectivity index (χ3n) is 11.2. The minimum absolute atomic E-state index is 0.0490. The molecular weight excluding hydrogens is 697 g/mol. The number of urea groups is 1. The number of thioether (sulfide) groups is 1. The van der Waals surface area contributed by atoms with Crippen molar-refractivity contribution in [2.45, 2.75) is 211 Å². The van der Waals surface area contributed by atoms with Crippen molar-refractivity contribution < 1.29 is 23.9 Å². The molecule has 0 aromatic heterocycles. The van der Waals surface area contributed by atoms with E-state index in [0.29, 0.717) is 57.6 Å². The predicted octanol–water partition coefficient (Wildman–Crippen LogP) is 10.1. The fourth-order valence-corrected chi connectivity index (χ4v) is 9.27. The van der Waals surface area contributed by atoms with Crippen LogP contribution in [0.4, 0.5) is 4.79 Å². The lowest BCUT2D eigenvalue weighted by Crippen LogP contribution is -2.36. The van der Waals surface area contributed by atoms with Crippen LogP contribution in [0.25, 0.3) is 0 Å². The zero-order valence-corrected chi connectivity index (χ0v) is 35.9. The minimum Gasteiger partial charge on any atom is -0.377 e. The van der Waals surface area contributed by atoms with E-state index in [0.717, 1.165) is 50.8 Å². The molecule has 3 atom stereocenters. The number of nitrogens with one attached hydrogen (secondary N) is 3. The van der Waals surface area contributed by atoms with Crippen LogP contribution < -0.4 is 16.0 Å². The number of unbranched alkanes of at least 4 members (excludes halogenated alkanes) is 22. The molecule has 0 aromatic carbocycles. The molecule has 9 nitrogen and oxygen atoms in total. The van der Waals surface area contributed by atoms with Gasteiger partial charge in [-0.15, -0.1) is 0 Å². The van der Waals surface area contributed by atoms with Crippen molar-refractivity contribution >= 4 is 29.6 Å². The third kappa shape index (κ3) is 25.6. The second-order valence-corrected chi connectivity index (χ2v) is 17.3. The van der Waals surface area contributed by atoms with E-state index >= 15 is 0 Å². The molecule has 0 bridgehead atoms. The number of hydrogen-bond donors (Lipinski definition) is 3. The molecule has 2 saturated heterocycles. The highest BCUT2D eigenvalue weighted by atomic mass is 32.2. The van der Waals surface area contributed by atoms with Crippen LogP contribution >= 0.6 is 11.8 Å². The van der Waals surface area contributed by atoms with Crippen molar-refractivity contribution in [3.63, 3.8) is 0 Å². The monoisotopic (exact) mass is 781 g/mol. The molecular formula is C44H84N4O5S. The molecule has 54 heavy (non-hydrogen) atoms. The van der Waals surface area contributed by atoms with Crippen LogP contribution in [0.2, 0.25) is 0 Å². The van der Waals surface area contributed by atoms with Crippen molar-refractivity contribution in [3.8, 4) is 0 Å². The Bertz CT molecular complexity index is 927. The Morgan fingerprint density at radius 2 is 1.15 bits per heavy atom. The van der Waals surface area contributed by atoms with Gasteiger partial charge in [-0.2, -0.15) is 11.8 Å². The zero-order valence-electron chi connectivity index (χ0n) is 35.1. The number of nitrogens with zero attached hydrogens (tertiary/aromatic N) is 1. The van der Waals surface area contributed by atoms with E-state index in [2.05, 4.69) is 34.7 Å². The molecule has 2 aliphatic heterocycles. The second kappa shape index (κ2) is 34.7. The minimum atomic E-state index is -0.0490. The zero-order chi connectivity index (χ0) is 38.7. The smallest absolute Gasteiger partial charge is 0.315 e. The summed E-state index contributed by atoms with van der Waals surface area (Å²) in [7, 11) is 0. The lowest BCUT2D eigenvalue weighted by Gasteiger charge is -2.23. The number of rotatable bonds is 39. The van der Waals surface area contributed by atoms with Gasteiger partial charge in [0.1, 0.15) is 0 Å². The molecule has 2 rings (SSSR count). The second-order valence-electron chi connectivity index (χ2n) is 16.0. The topological polar surface area (TPSA) is 109 Å². The number of carbonyl (C=O) groups is 3. The summed E-state index contributed by atoms with van der Waals surface area (Å²) in [6, 6.07) is 0.432. The summed E-state index contributed by atoms with van der Waals surface area (Å²) in [4.78, 5) is 39.1. The van der Waals surface area contributed by atoms with Crippen molar-refractivity contribution in [2.24, 2.45) is 0 Å². The molecule has 3 N–H and O–H groups in total. The highest BCUT2D eigenvalue weighted by molar-refractivity contribution is 8.00. The quantitative estimate of drug-likeness (QED) is 0.0423. The third-order valence-corrected chi connectivity index (χ3v) is 12.7. The summed E-state index contributed by atoms with van der Waals surface area (Å²) in [5.74, 6) is 1.32. The van der Waals surface area contributed by atoms with E-state index in [4.69, 9.17) is 9.47 Å². The fourth-order valence-electron chi connectivity index (χ4n) is 7.73. The van der Waals surface area contributed by atoms with Gasteiger partial charge < -0.3 is 30.3 Å². The lowest BCUT2D eigenvalue weighted by atomic mass is 10.0. The molecule has 0 radical (unpaired) electrons. The fraction of sp³-hybridized carbons (Fsp3) is 0.932. The van der Waals surface area contributed by atoms with Gasteiger partial charge in [-0.25, -0.2) is 4.79 Å². The van der Waals surface area contributed by atoms with Crippen LogP contribution in [0.3, 0.4) is 0 Å². The standard InChI is InChI=1S/C44H84N4O5S/c1-3-5-7-9-11-13-15-17-19-21-23-27-32-48(42(50)30-24-22-20-18-16-14-12-10-8-6-4-2)33-35-53-37-36-52-34-31-45-41(49)29-26-25-28-40-43-39(38-54-40)46-44(51)47-43/h39-40,43H,3-38H2,1-2H3,(H,45,49)(H2,46,47,51). The van der Waals surface area contributed by atoms with Gasteiger partial charge in [0, 0.05) is 43.5 Å². The predicted molar refractivity (Wildman–Crippen MR) is 227 cm³/mol. The van der Waals surface area contributed by atoms with Gasteiger partial charge >= 0.3 is 6.03 Å². The Kier molecular flexibility index (Phi) is 31.3. The summed E-state index contributed by atoms with van der Waals surface area (Å²) in [6.07, 6.45) is 34.1. The van der Waals surface area contributed by atoms with E-state index < -0.39 is 0 Å². The number of fused-ring (bicyclic) bond motifs is 1. The summed E-state index contributed by atoms with van der Waals surface area (Å²) < 4.78 is 11.6. The molecule has 10 heteroatoms. The first kappa shape index (κ1) is 48.6. The largest absolute Gasteiger partial charge is 0.377 e. The molecule has 316 valence electrons. The van der Waals surface area contributed by atoms with Crippen molar-refractivity contribution in [2.75, 3.05) is 51.8 Å². The summed E-state index contributed by atoms with van der Waals surface area (Å²) in [5, 5.41) is 9.40. The van der Waals surface area contributed by atoms with Crippen LogP contribution in [-0.4, -0.2) is 91.9 Å². The average Bonchev–Trinajstić information content (AvgIpc) is 3.73. The van der Waals surface area contributed by atoms with Gasteiger partial charge in [-0.1, -0.05) is 155 Å². The first-order chi connectivity index (χ1) is 26.5. The summed E-state index contributed by atoms with van der Waals surface area (Å²) in [6.45, 7) is 8.51. The van der Waals surface area contributed by atoms with E-state index in [1.165, 1.54) is 128 Å². The SMILES string of the molecule is CCCCCCCCCCCCCCN(CCOCCOCCNC(=O)CCCCC1SCC2NC(=O)NC21)C(=O)CCCCCCCCCCCCC. The first-order valence-electron chi connectivity index (χ1n) is 22.9. The maximum Gasteiger partial charge on any atom is 0.315 e. The molecule has 0 spiro atoms. The summed E-state index contributed by atoms with van der Waals surface area (Å²) in [5.41, 5.74) is 0. The van der Waals surface area contributed by atoms with E-state index in [1.807, 2.05) is 11.8 Å². The van der Waals surface area contributed by atoms with Gasteiger partial charge in [0.05, 0.1) is 38.5 Å². The molecule has 4 amide bonds. The highest BCUT2D eigenvalue weighted by Gasteiger charge is 2.42. The van der Waals surface area contributed by atoms with Crippen molar-refractivity contribution in [1.29, 1.82) is 0 Å². The lowest BCUT2D eigenvalue weighted by molar-refractivity contribution is -0.132. The van der Waals surface area contributed by atoms with Crippen LogP contribution in [0.5, 0.6) is 0 Å². The number of carbonyl (C=O) groups excluding carboxylic acids is 3. The van der Waals surface area contributed by atoms with Gasteiger partial charge in [0.2, 0.25) is 11.8 Å². The van der Waals surface area contributed by atoms with Crippen LogP contribution in [0.15, 0.2) is 0 Å². The Morgan fingerprint density at radius 3 is 1.74 bits per heavy atom. The van der Waals surface area contributed by atoms with Crippen LogP contribution in [0.1, 0.15) is 194 Å². The maximum atomic E-state index is 13.2. The van der Waals surface area contributed by atoms with Gasteiger partial charge in [-0.3, -0.25) is 9.59 Å². The van der Waals surface area contributed by atoms with Crippen molar-refractivity contribution in [3.05, 3.63) is 0 Å². The van der Waals surface area contributed by atoms with Gasteiger partial charge in [-0.05, 0) is 25.7 Å². The van der Waals surface area contributed by atoms with Gasteiger partial charge in [0.15, 0.2) is 0 Å². The van der Waals surface area contributed by atoms with Crippen molar-refractivity contribution in [1.82, 2.24) is 20.9 Å². The average molecular weight is 781 g/mol. The Balaban J connectivity index is 1.50. The molecule has 2 aliphatic rings. The molecule has 0 saturated carbocycles. The number of amides is 4. The van der Waals surface area contributed by atoms with Gasteiger partial charge in [0.25, 0.3) is 0 Å². The van der Waals surface area contributed by atoms with Crippen LogP contribution in [0, 0.1) is 0 Å².